The molecule has 2 rings (SSSR count). The largest absolute Gasteiger partial charge is 0.240 e. The van der Waals surface area contributed by atoms with Crippen molar-refractivity contribution in [2.75, 3.05) is 0 Å². The van der Waals surface area contributed by atoms with E-state index in [0.717, 1.165) is 29.5 Å². The number of aryl methyl sites for hydroxylation is 2. The predicted molar refractivity (Wildman–Crippen MR) is 85.6 cm³/mol. The first-order valence-electron chi connectivity index (χ1n) is 7.16. The molecule has 0 saturated heterocycles. The van der Waals surface area contributed by atoms with Crippen LogP contribution in [0.1, 0.15) is 30.0 Å². The van der Waals surface area contributed by atoms with Gasteiger partial charge < -0.3 is 0 Å². The first-order chi connectivity index (χ1) is 10.0. The maximum atomic E-state index is 12.3. The monoisotopic (exact) mass is 303 g/mol. The Morgan fingerprint density at radius 3 is 2.29 bits per heavy atom. The summed E-state index contributed by atoms with van der Waals surface area (Å²) < 4.78 is 27.2. The molecule has 2 aromatic carbocycles. The minimum Gasteiger partial charge on any atom is -0.207 e. The van der Waals surface area contributed by atoms with E-state index in [0.29, 0.717) is 11.4 Å². The zero-order chi connectivity index (χ0) is 15.3. The van der Waals surface area contributed by atoms with Gasteiger partial charge in [0.1, 0.15) is 0 Å². The van der Waals surface area contributed by atoms with Gasteiger partial charge in [-0.25, -0.2) is 13.1 Å². The molecule has 0 radical (unpaired) electrons. The van der Waals surface area contributed by atoms with E-state index in [1.54, 1.807) is 12.1 Å². The van der Waals surface area contributed by atoms with Crippen molar-refractivity contribution < 1.29 is 8.42 Å². The molecule has 4 heteroatoms. The lowest BCUT2D eigenvalue weighted by Crippen LogP contribution is -2.23. The lowest BCUT2D eigenvalue weighted by molar-refractivity contribution is 0.581. The average Bonchev–Trinajstić information content (AvgIpc) is 2.47. The third-order valence-electron chi connectivity index (χ3n) is 3.49. The fourth-order valence-corrected chi connectivity index (χ4v) is 3.20. The Labute approximate surface area is 127 Å². The van der Waals surface area contributed by atoms with Gasteiger partial charge in [-0.2, -0.15) is 0 Å². The molecule has 0 aliphatic heterocycles. The summed E-state index contributed by atoms with van der Waals surface area (Å²) in [6.07, 6.45) is 2.02. The molecule has 3 nitrogen and oxygen atoms in total. The van der Waals surface area contributed by atoms with E-state index in [4.69, 9.17) is 0 Å². The van der Waals surface area contributed by atoms with Gasteiger partial charge in [0.2, 0.25) is 10.0 Å². The van der Waals surface area contributed by atoms with Crippen LogP contribution in [-0.4, -0.2) is 8.42 Å². The summed E-state index contributed by atoms with van der Waals surface area (Å²) in [6.45, 7) is 4.39. The lowest BCUT2D eigenvalue weighted by atomic mass is 10.1. The molecule has 0 atom stereocenters. The third-order valence-corrected chi connectivity index (χ3v) is 4.90. The summed E-state index contributed by atoms with van der Waals surface area (Å²) in [5.41, 5.74) is 3.23. The van der Waals surface area contributed by atoms with E-state index in [9.17, 15) is 8.42 Å². The van der Waals surface area contributed by atoms with Gasteiger partial charge in [-0.05, 0) is 42.2 Å². The van der Waals surface area contributed by atoms with Crippen LogP contribution in [0.4, 0.5) is 0 Å². The molecule has 0 aliphatic rings. The molecular weight excluding hydrogens is 282 g/mol. The van der Waals surface area contributed by atoms with Gasteiger partial charge in [-0.1, -0.05) is 49.7 Å². The number of rotatable bonds is 6. The van der Waals surface area contributed by atoms with Gasteiger partial charge in [0, 0.05) is 6.54 Å². The lowest BCUT2D eigenvalue weighted by Gasteiger charge is -2.09. The van der Waals surface area contributed by atoms with Crippen molar-refractivity contribution in [1.82, 2.24) is 4.72 Å². The van der Waals surface area contributed by atoms with Crippen molar-refractivity contribution >= 4 is 10.0 Å². The normalized spacial score (nSPS) is 11.5. The highest BCUT2D eigenvalue weighted by Gasteiger charge is 2.13. The molecule has 0 fully saturated rings. The van der Waals surface area contributed by atoms with Crippen molar-refractivity contribution in [1.29, 1.82) is 0 Å². The van der Waals surface area contributed by atoms with Crippen LogP contribution in [0, 0.1) is 6.92 Å². The van der Waals surface area contributed by atoms with Crippen LogP contribution in [-0.2, 0) is 23.0 Å². The Bertz CT molecular complexity index is 691. The molecule has 0 unspecified atom stereocenters. The molecule has 0 bridgehead atoms. The van der Waals surface area contributed by atoms with Gasteiger partial charge in [0.05, 0.1) is 4.90 Å². The Morgan fingerprint density at radius 1 is 1.00 bits per heavy atom. The second-order valence-corrected chi connectivity index (χ2v) is 6.91. The highest BCUT2D eigenvalue weighted by molar-refractivity contribution is 7.89. The van der Waals surface area contributed by atoms with Crippen molar-refractivity contribution in [3.05, 3.63) is 65.2 Å². The van der Waals surface area contributed by atoms with Crippen LogP contribution in [0.5, 0.6) is 0 Å². The van der Waals surface area contributed by atoms with Gasteiger partial charge >= 0.3 is 0 Å². The molecule has 2 aromatic rings. The number of sulfonamides is 1. The van der Waals surface area contributed by atoms with Gasteiger partial charge in [0.25, 0.3) is 0 Å². The average molecular weight is 303 g/mol. The smallest absolute Gasteiger partial charge is 0.207 e. The van der Waals surface area contributed by atoms with Crippen LogP contribution in [0.15, 0.2) is 53.4 Å². The van der Waals surface area contributed by atoms with Crippen LogP contribution < -0.4 is 4.72 Å². The van der Waals surface area contributed by atoms with E-state index in [1.807, 2.05) is 43.3 Å². The molecule has 0 aromatic heterocycles. The van der Waals surface area contributed by atoms with E-state index in [1.165, 1.54) is 0 Å². The molecule has 0 aliphatic carbocycles. The van der Waals surface area contributed by atoms with Gasteiger partial charge in [-0.3, -0.25) is 0 Å². The SMILES string of the molecule is CCCc1ccc(S(=O)(=O)NCc2ccccc2C)cc1. The zero-order valence-corrected chi connectivity index (χ0v) is 13.3. The second kappa shape index (κ2) is 6.87. The zero-order valence-electron chi connectivity index (χ0n) is 12.5. The predicted octanol–water partition coefficient (Wildman–Crippen LogP) is 3.43. The van der Waals surface area contributed by atoms with Crippen LogP contribution in [0.3, 0.4) is 0 Å². The number of hydrogen-bond acceptors (Lipinski definition) is 2. The highest BCUT2D eigenvalue weighted by Crippen LogP contribution is 2.13. The van der Waals surface area contributed by atoms with Crippen molar-refractivity contribution in [2.45, 2.75) is 38.1 Å². The van der Waals surface area contributed by atoms with Crippen molar-refractivity contribution in [2.24, 2.45) is 0 Å². The standard InChI is InChI=1S/C17H21NO2S/c1-3-6-15-9-11-17(12-10-15)21(19,20)18-13-16-8-5-4-7-14(16)2/h4-5,7-12,18H,3,6,13H2,1-2H3. The second-order valence-electron chi connectivity index (χ2n) is 5.14. The first kappa shape index (κ1) is 15.7. The maximum absolute atomic E-state index is 12.3. The number of benzene rings is 2. The third kappa shape index (κ3) is 4.16. The summed E-state index contributed by atoms with van der Waals surface area (Å²) in [6, 6.07) is 14.9. The van der Waals surface area contributed by atoms with Gasteiger partial charge in [0.15, 0.2) is 0 Å². The fraction of sp³-hybridized carbons (Fsp3) is 0.294. The Balaban J connectivity index is 2.09. The molecule has 0 heterocycles. The molecule has 21 heavy (non-hydrogen) atoms. The summed E-state index contributed by atoms with van der Waals surface area (Å²) in [4.78, 5) is 0.316. The van der Waals surface area contributed by atoms with Crippen LogP contribution >= 0.6 is 0 Å². The van der Waals surface area contributed by atoms with Crippen molar-refractivity contribution in [3.63, 3.8) is 0 Å². The van der Waals surface area contributed by atoms with Gasteiger partial charge in [-0.15, -0.1) is 0 Å². The van der Waals surface area contributed by atoms with Crippen LogP contribution in [0.2, 0.25) is 0 Å². The topological polar surface area (TPSA) is 46.2 Å². The summed E-state index contributed by atoms with van der Waals surface area (Å²) in [5.74, 6) is 0. The van der Waals surface area contributed by atoms with E-state index >= 15 is 0 Å². The summed E-state index contributed by atoms with van der Waals surface area (Å²) >= 11 is 0. The number of nitrogens with one attached hydrogen (secondary N) is 1. The maximum Gasteiger partial charge on any atom is 0.240 e. The van der Waals surface area contributed by atoms with E-state index in [2.05, 4.69) is 11.6 Å². The first-order valence-corrected chi connectivity index (χ1v) is 8.64. The Morgan fingerprint density at radius 2 is 1.67 bits per heavy atom. The quantitative estimate of drug-likeness (QED) is 0.888. The van der Waals surface area contributed by atoms with E-state index < -0.39 is 10.0 Å². The Hall–Kier alpha value is -1.65. The molecule has 0 saturated carbocycles. The minimum absolute atomic E-state index is 0.311. The highest BCUT2D eigenvalue weighted by atomic mass is 32.2. The van der Waals surface area contributed by atoms with Crippen LogP contribution in [0.25, 0.3) is 0 Å². The molecule has 1 N–H and O–H groups in total. The summed E-state index contributed by atoms with van der Waals surface area (Å²) in [5, 5.41) is 0. The van der Waals surface area contributed by atoms with E-state index in [-0.39, 0.29) is 0 Å². The van der Waals surface area contributed by atoms with Crippen molar-refractivity contribution in [3.8, 4) is 0 Å². The molecule has 0 amide bonds. The Kier molecular flexibility index (Phi) is 5.15. The summed E-state index contributed by atoms with van der Waals surface area (Å²) in [7, 11) is -3.46. The fourth-order valence-electron chi connectivity index (χ4n) is 2.19. The minimum atomic E-state index is -3.46. The number of hydrogen-bond donors (Lipinski definition) is 1. The molecule has 112 valence electrons. The molecular formula is C17H21NO2S. The molecule has 0 spiro atoms.